The largest absolute Gasteiger partial charge is 0.368 e. The summed E-state index contributed by atoms with van der Waals surface area (Å²) in [6.45, 7) is 5.34. The summed E-state index contributed by atoms with van der Waals surface area (Å²) in [6.07, 6.45) is 0. The van der Waals surface area contributed by atoms with Crippen molar-refractivity contribution < 1.29 is 13.2 Å². The number of carbonyl (C=O) groups excluding carboxylic acids is 1. The predicted molar refractivity (Wildman–Crippen MR) is 163 cm³/mol. The molecule has 2 fully saturated rings. The van der Waals surface area contributed by atoms with Crippen molar-refractivity contribution in [3.8, 4) is 11.1 Å². The lowest BCUT2D eigenvalue weighted by Crippen LogP contribution is -2.51. The standard InChI is InChI=1S/C34H35N3O3S/c1-26-10-8-9-15-33(26)35-20-22-36(23-21-35)34(38)32-25-37(24-31(32)29-13-6-3-7-14-29)41(39,40)30-18-16-28(17-19-30)27-11-4-2-5-12-27/h2-19,31-32H,20-25H2,1H3/t31-,32+/m0/s1. The van der Waals surface area contributed by atoms with E-state index in [1.165, 1.54) is 15.6 Å². The van der Waals surface area contributed by atoms with Crippen LogP contribution in [0, 0.1) is 12.8 Å². The minimum atomic E-state index is -3.77. The topological polar surface area (TPSA) is 60.9 Å². The molecule has 6 rings (SSSR count). The van der Waals surface area contributed by atoms with Crippen LogP contribution >= 0.6 is 0 Å². The van der Waals surface area contributed by atoms with Gasteiger partial charge in [-0.3, -0.25) is 4.79 Å². The molecule has 4 aromatic carbocycles. The first-order chi connectivity index (χ1) is 19.9. The second-order valence-electron chi connectivity index (χ2n) is 10.9. The number of piperazine rings is 1. The SMILES string of the molecule is Cc1ccccc1N1CCN(C(=O)[C@@H]2CN(S(=O)(=O)c3ccc(-c4ccccc4)cc3)C[C@H]2c2ccccc2)CC1. The van der Waals surface area contributed by atoms with E-state index < -0.39 is 15.9 Å². The molecule has 0 spiro atoms. The number of amides is 1. The first kappa shape index (κ1) is 27.2. The maximum absolute atomic E-state index is 14.0. The minimum Gasteiger partial charge on any atom is -0.368 e. The van der Waals surface area contributed by atoms with Gasteiger partial charge in [0, 0.05) is 50.9 Å². The van der Waals surface area contributed by atoms with Crippen LogP contribution in [0.5, 0.6) is 0 Å². The Bertz CT molecular complexity index is 1600. The Morgan fingerprint density at radius 2 is 1.27 bits per heavy atom. The molecule has 0 bridgehead atoms. The van der Waals surface area contributed by atoms with E-state index in [4.69, 9.17) is 0 Å². The van der Waals surface area contributed by atoms with Crippen molar-refractivity contribution >= 4 is 21.6 Å². The van der Waals surface area contributed by atoms with E-state index in [1.807, 2.05) is 89.8 Å². The third kappa shape index (κ3) is 5.52. The van der Waals surface area contributed by atoms with Crippen molar-refractivity contribution in [1.29, 1.82) is 0 Å². The minimum absolute atomic E-state index is 0.0420. The zero-order valence-corrected chi connectivity index (χ0v) is 24.1. The molecule has 2 heterocycles. The van der Waals surface area contributed by atoms with E-state index in [-0.39, 0.29) is 29.8 Å². The van der Waals surface area contributed by atoms with Gasteiger partial charge in [-0.2, -0.15) is 4.31 Å². The van der Waals surface area contributed by atoms with Crippen LogP contribution in [0.15, 0.2) is 114 Å². The van der Waals surface area contributed by atoms with Crippen LogP contribution in [-0.4, -0.2) is 62.8 Å². The lowest BCUT2D eigenvalue weighted by atomic mass is 9.88. The van der Waals surface area contributed by atoms with Crippen LogP contribution in [-0.2, 0) is 14.8 Å². The van der Waals surface area contributed by atoms with Gasteiger partial charge in [0.15, 0.2) is 0 Å². The molecule has 6 nitrogen and oxygen atoms in total. The highest BCUT2D eigenvalue weighted by molar-refractivity contribution is 7.89. The second-order valence-corrected chi connectivity index (χ2v) is 12.9. The molecule has 41 heavy (non-hydrogen) atoms. The first-order valence-electron chi connectivity index (χ1n) is 14.2. The summed E-state index contributed by atoms with van der Waals surface area (Å²) in [5.74, 6) is -0.586. The lowest BCUT2D eigenvalue weighted by molar-refractivity contribution is -0.135. The third-order valence-corrected chi connectivity index (χ3v) is 10.3. The summed E-state index contributed by atoms with van der Waals surface area (Å²) in [5.41, 5.74) is 5.44. The number of hydrogen-bond donors (Lipinski definition) is 0. The van der Waals surface area contributed by atoms with E-state index in [1.54, 1.807) is 12.1 Å². The number of aryl methyl sites for hydroxylation is 1. The van der Waals surface area contributed by atoms with Crippen molar-refractivity contribution in [2.24, 2.45) is 5.92 Å². The number of sulfonamides is 1. The molecule has 0 radical (unpaired) electrons. The Hall–Kier alpha value is -3.94. The normalized spacial score (nSPS) is 19.8. The van der Waals surface area contributed by atoms with Crippen molar-refractivity contribution in [2.75, 3.05) is 44.2 Å². The first-order valence-corrected chi connectivity index (χ1v) is 15.7. The number of para-hydroxylation sites is 1. The van der Waals surface area contributed by atoms with E-state index in [9.17, 15) is 13.2 Å². The van der Waals surface area contributed by atoms with Gasteiger partial charge in [0.2, 0.25) is 15.9 Å². The predicted octanol–water partition coefficient (Wildman–Crippen LogP) is 5.42. The van der Waals surface area contributed by atoms with Gasteiger partial charge in [-0.25, -0.2) is 8.42 Å². The molecule has 0 aliphatic carbocycles. The number of carbonyl (C=O) groups is 1. The smallest absolute Gasteiger partial charge is 0.243 e. The van der Waals surface area contributed by atoms with Gasteiger partial charge in [0.1, 0.15) is 0 Å². The molecule has 210 valence electrons. The maximum Gasteiger partial charge on any atom is 0.243 e. The molecule has 7 heteroatoms. The van der Waals surface area contributed by atoms with Crippen LogP contribution in [0.2, 0.25) is 0 Å². The summed E-state index contributed by atoms with van der Waals surface area (Å²) in [7, 11) is -3.77. The fourth-order valence-corrected chi connectivity index (χ4v) is 7.66. The average Bonchev–Trinajstić information content (AvgIpc) is 3.49. The average molecular weight is 566 g/mol. The van der Waals surface area contributed by atoms with Gasteiger partial charge in [-0.15, -0.1) is 0 Å². The highest BCUT2D eigenvalue weighted by Gasteiger charge is 2.45. The van der Waals surface area contributed by atoms with Crippen molar-refractivity contribution in [3.05, 3.63) is 120 Å². The molecule has 1 amide bonds. The Morgan fingerprint density at radius 3 is 1.93 bits per heavy atom. The zero-order chi connectivity index (χ0) is 28.4. The van der Waals surface area contributed by atoms with Gasteiger partial charge in [0.25, 0.3) is 0 Å². The van der Waals surface area contributed by atoms with Gasteiger partial charge < -0.3 is 9.80 Å². The molecular weight excluding hydrogens is 530 g/mol. The summed E-state index contributed by atoms with van der Waals surface area (Å²) < 4.78 is 29.2. The fraction of sp³-hybridized carbons (Fsp3) is 0.265. The molecule has 0 N–H and O–H groups in total. The maximum atomic E-state index is 14.0. The van der Waals surface area contributed by atoms with Crippen LogP contribution in [0.3, 0.4) is 0 Å². The van der Waals surface area contributed by atoms with E-state index in [0.29, 0.717) is 13.1 Å². The van der Waals surface area contributed by atoms with Crippen LogP contribution in [0.1, 0.15) is 17.0 Å². The molecule has 2 aliphatic heterocycles. The van der Waals surface area contributed by atoms with Crippen molar-refractivity contribution in [2.45, 2.75) is 17.7 Å². The molecule has 0 saturated carbocycles. The molecule has 0 unspecified atom stereocenters. The molecule has 0 aromatic heterocycles. The van der Waals surface area contributed by atoms with E-state index in [2.05, 4.69) is 24.0 Å². The van der Waals surface area contributed by atoms with E-state index >= 15 is 0 Å². The van der Waals surface area contributed by atoms with Gasteiger partial charge in [-0.1, -0.05) is 91.0 Å². The van der Waals surface area contributed by atoms with Crippen LogP contribution in [0.4, 0.5) is 5.69 Å². The molecule has 2 saturated heterocycles. The summed E-state index contributed by atoms with van der Waals surface area (Å²) in [4.78, 5) is 18.5. The number of anilines is 1. The van der Waals surface area contributed by atoms with Crippen molar-refractivity contribution in [3.63, 3.8) is 0 Å². The molecule has 4 aromatic rings. The second kappa shape index (κ2) is 11.5. The Morgan fingerprint density at radius 1 is 0.683 bits per heavy atom. The molecular formula is C34H35N3O3S. The van der Waals surface area contributed by atoms with E-state index in [0.717, 1.165) is 29.8 Å². The Labute approximate surface area is 242 Å². The number of nitrogens with zero attached hydrogens (tertiary/aromatic N) is 3. The number of benzene rings is 4. The fourth-order valence-electron chi connectivity index (χ4n) is 6.17. The zero-order valence-electron chi connectivity index (χ0n) is 23.3. The highest BCUT2D eigenvalue weighted by Crippen LogP contribution is 2.37. The quantitative estimate of drug-likeness (QED) is 0.314. The lowest BCUT2D eigenvalue weighted by Gasteiger charge is -2.38. The molecule has 2 aliphatic rings. The van der Waals surface area contributed by atoms with Gasteiger partial charge in [-0.05, 0) is 47.4 Å². The van der Waals surface area contributed by atoms with Gasteiger partial charge >= 0.3 is 0 Å². The number of rotatable bonds is 6. The summed E-state index contributed by atoms with van der Waals surface area (Å²) in [6, 6.07) is 35.2. The highest BCUT2D eigenvalue weighted by atomic mass is 32.2. The number of hydrogen-bond acceptors (Lipinski definition) is 4. The van der Waals surface area contributed by atoms with Crippen LogP contribution in [0.25, 0.3) is 11.1 Å². The van der Waals surface area contributed by atoms with Crippen LogP contribution < -0.4 is 4.90 Å². The molecule has 2 atom stereocenters. The third-order valence-electron chi connectivity index (χ3n) is 8.48. The Kier molecular flexibility index (Phi) is 7.65. The summed E-state index contributed by atoms with van der Waals surface area (Å²) in [5, 5.41) is 0. The van der Waals surface area contributed by atoms with Gasteiger partial charge in [0.05, 0.1) is 10.8 Å². The Balaban J connectivity index is 1.21. The van der Waals surface area contributed by atoms with Crippen molar-refractivity contribution in [1.82, 2.24) is 9.21 Å². The monoisotopic (exact) mass is 565 g/mol. The summed E-state index contributed by atoms with van der Waals surface area (Å²) >= 11 is 0.